The Hall–Kier alpha value is -2.82. The first kappa shape index (κ1) is 21.4. The van der Waals surface area contributed by atoms with E-state index in [1.165, 1.54) is 19.3 Å². The van der Waals surface area contributed by atoms with E-state index in [-0.39, 0.29) is 17.9 Å². The van der Waals surface area contributed by atoms with Crippen molar-refractivity contribution in [2.24, 2.45) is 5.41 Å². The summed E-state index contributed by atoms with van der Waals surface area (Å²) in [6.45, 7) is 2.42. The third kappa shape index (κ3) is 4.76. The van der Waals surface area contributed by atoms with Gasteiger partial charge < -0.3 is 15.2 Å². The van der Waals surface area contributed by atoms with Gasteiger partial charge in [-0.05, 0) is 53.4 Å². The van der Waals surface area contributed by atoms with Gasteiger partial charge in [0.05, 0.1) is 0 Å². The van der Waals surface area contributed by atoms with Gasteiger partial charge in [0, 0.05) is 5.92 Å². The van der Waals surface area contributed by atoms with Crippen LogP contribution in [0.4, 0.5) is 4.79 Å². The van der Waals surface area contributed by atoms with E-state index in [0.29, 0.717) is 6.42 Å². The van der Waals surface area contributed by atoms with Crippen LogP contribution in [0.5, 0.6) is 0 Å². The minimum atomic E-state index is -1.01. The zero-order valence-corrected chi connectivity index (χ0v) is 18.1. The topological polar surface area (TPSA) is 75.6 Å². The molecule has 1 fully saturated rings. The van der Waals surface area contributed by atoms with E-state index in [0.717, 1.165) is 41.5 Å². The van der Waals surface area contributed by atoms with Gasteiger partial charge in [-0.1, -0.05) is 74.7 Å². The van der Waals surface area contributed by atoms with Crippen LogP contribution in [0, 0.1) is 5.41 Å². The highest BCUT2D eigenvalue weighted by atomic mass is 16.5. The Bertz CT molecular complexity index is 902. The predicted octanol–water partition coefficient (Wildman–Crippen LogP) is 5.73. The Labute approximate surface area is 183 Å². The van der Waals surface area contributed by atoms with Crippen molar-refractivity contribution in [1.82, 2.24) is 5.32 Å². The van der Waals surface area contributed by atoms with E-state index < -0.39 is 18.1 Å². The van der Waals surface area contributed by atoms with Gasteiger partial charge in [-0.2, -0.15) is 0 Å². The lowest BCUT2D eigenvalue weighted by atomic mass is 9.72. The number of carbonyl (C=O) groups excluding carboxylic acids is 1. The summed E-state index contributed by atoms with van der Waals surface area (Å²) in [5, 5.41) is 12.2. The molecule has 0 aromatic heterocycles. The molecule has 1 amide bonds. The van der Waals surface area contributed by atoms with E-state index in [1.54, 1.807) is 0 Å². The van der Waals surface area contributed by atoms with Crippen molar-refractivity contribution in [3.05, 3.63) is 59.7 Å². The lowest BCUT2D eigenvalue weighted by molar-refractivity contribution is -0.139. The maximum absolute atomic E-state index is 12.5. The summed E-state index contributed by atoms with van der Waals surface area (Å²) in [5.41, 5.74) is 4.77. The molecule has 31 heavy (non-hydrogen) atoms. The molecule has 0 heterocycles. The van der Waals surface area contributed by atoms with Crippen LogP contribution in [0.15, 0.2) is 48.5 Å². The normalized spacial score (nSPS) is 18.0. The number of carboxylic acids is 1. The smallest absolute Gasteiger partial charge is 0.407 e. The number of hydrogen-bond donors (Lipinski definition) is 2. The fourth-order valence-electron chi connectivity index (χ4n) is 5.19. The number of fused-ring (bicyclic) bond motifs is 3. The van der Waals surface area contributed by atoms with Gasteiger partial charge in [0.2, 0.25) is 0 Å². The summed E-state index contributed by atoms with van der Waals surface area (Å²) < 4.78 is 5.52. The van der Waals surface area contributed by atoms with Crippen LogP contribution in [0.3, 0.4) is 0 Å². The van der Waals surface area contributed by atoms with Crippen LogP contribution in [0.25, 0.3) is 11.1 Å². The molecule has 0 radical (unpaired) electrons. The molecule has 1 saturated carbocycles. The Morgan fingerprint density at radius 1 is 1.03 bits per heavy atom. The van der Waals surface area contributed by atoms with E-state index >= 15 is 0 Å². The second-order valence-electron chi connectivity index (χ2n) is 9.27. The highest BCUT2D eigenvalue weighted by molar-refractivity contribution is 5.81. The summed E-state index contributed by atoms with van der Waals surface area (Å²) >= 11 is 0. The lowest BCUT2D eigenvalue weighted by Crippen LogP contribution is -2.42. The van der Waals surface area contributed by atoms with Crippen LogP contribution >= 0.6 is 0 Å². The summed E-state index contributed by atoms with van der Waals surface area (Å²) in [4.78, 5) is 24.2. The van der Waals surface area contributed by atoms with Crippen molar-refractivity contribution < 1.29 is 19.4 Å². The zero-order chi connectivity index (χ0) is 21.8. The molecule has 2 aliphatic rings. The molecule has 164 valence electrons. The van der Waals surface area contributed by atoms with E-state index in [1.807, 2.05) is 24.3 Å². The molecule has 0 aliphatic heterocycles. The third-order valence-corrected chi connectivity index (χ3v) is 7.03. The molecule has 5 nitrogen and oxygen atoms in total. The fourth-order valence-corrected chi connectivity index (χ4v) is 5.19. The molecule has 2 aromatic carbocycles. The van der Waals surface area contributed by atoms with Crippen molar-refractivity contribution in [2.45, 2.75) is 63.8 Å². The van der Waals surface area contributed by atoms with Crippen molar-refractivity contribution >= 4 is 12.1 Å². The van der Waals surface area contributed by atoms with Crippen molar-refractivity contribution in [3.8, 4) is 11.1 Å². The Morgan fingerprint density at radius 3 is 2.19 bits per heavy atom. The highest BCUT2D eigenvalue weighted by Crippen LogP contribution is 2.44. The van der Waals surface area contributed by atoms with Gasteiger partial charge in [0.15, 0.2) is 0 Å². The quantitative estimate of drug-likeness (QED) is 0.599. The summed E-state index contributed by atoms with van der Waals surface area (Å²) in [6.07, 6.45) is 6.49. The van der Waals surface area contributed by atoms with Gasteiger partial charge in [0.1, 0.15) is 12.6 Å². The first-order valence-corrected chi connectivity index (χ1v) is 11.3. The molecule has 5 heteroatoms. The molecule has 0 unspecified atom stereocenters. The summed E-state index contributed by atoms with van der Waals surface area (Å²) in [6, 6.07) is 15.4. The lowest BCUT2D eigenvalue weighted by Gasteiger charge is -2.34. The number of ether oxygens (including phenoxy) is 1. The van der Waals surface area contributed by atoms with Crippen LogP contribution in [-0.2, 0) is 9.53 Å². The second kappa shape index (κ2) is 9.13. The molecular formula is C26H31NO4. The average molecular weight is 422 g/mol. The van der Waals surface area contributed by atoms with Crippen LogP contribution in [0.1, 0.15) is 68.9 Å². The number of aliphatic carboxylic acids is 1. The molecule has 0 spiro atoms. The standard InChI is InChI=1S/C26H31NO4/c1-26(14-7-2-8-15-26)16-13-23(24(28)29)27-25(30)31-17-22-20-11-5-3-9-18(20)19-10-4-6-12-21(19)22/h3-6,9-12,22-23H,2,7-8,13-17H2,1H3,(H,27,30)(H,28,29)/t23-/m0/s1. The number of hydrogen-bond acceptors (Lipinski definition) is 3. The van der Waals surface area contributed by atoms with Gasteiger partial charge in [-0.25, -0.2) is 9.59 Å². The number of carboxylic acid groups (broad SMARTS) is 1. The number of nitrogens with one attached hydrogen (secondary N) is 1. The summed E-state index contributed by atoms with van der Waals surface area (Å²) in [7, 11) is 0. The monoisotopic (exact) mass is 421 g/mol. The molecule has 2 N–H and O–H groups in total. The largest absolute Gasteiger partial charge is 0.480 e. The first-order valence-electron chi connectivity index (χ1n) is 11.3. The van der Waals surface area contributed by atoms with Crippen LogP contribution in [-0.4, -0.2) is 29.8 Å². The number of alkyl carbamates (subject to hydrolysis) is 1. The van der Waals surface area contributed by atoms with Gasteiger partial charge in [0.25, 0.3) is 0 Å². The molecule has 0 bridgehead atoms. The van der Waals surface area contributed by atoms with Crippen molar-refractivity contribution in [3.63, 3.8) is 0 Å². The maximum Gasteiger partial charge on any atom is 0.407 e. The number of carbonyl (C=O) groups is 2. The van der Waals surface area contributed by atoms with Gasteiger partial charge >= 0.3 is 12.1 Å². The van der Waals surface area contributed by atoms with Gasteiger partial charge in [-0.3, -0.25) is 0 Å². The van der Waals surface area contributed by atoms with Crippen LogP contribution < -0.4 is 5.32 Å². The molecule has 0 saturated heterocycles. The minimum Gasteiger partial charge on any atom is -0.480 e. The number of rotatable bonds is 7. The Balaban J connectivity index is 1.36. The molecule has 2 aliphatic carbocycles. The Morgan fingerprint density at radius 2 is 1.61 bits per heavy atom. The number of amides is 1. The van der Waals surface area contributed by atoms with Gasteiger partial charge in [-0.15, -0.1) is 0 Å². The van der Waals surface area contributed by atoms with E-state index in [2.05, 4.69) is 36.5 Å². The van der Waals surface area contributed by atoms with Crippen molar-refractivity contribution in [2.75, 3.05) is 6.61 Å². The molecule has 2 aromatic rings. The second-order valence-corrected chi connectivity index (χ2v) is 9.27. The molecule has 1 atom stereocenters. The van der Waals surface area contributed by atoms with E-state index in [4.69, 9.17) is 4.74 Å². The average Bonchev–Trinajstić information content (AvgIpc) is 3.09. The molecular weight excluding hydrogens is 390 g/mol. The number of benzene rings is 2. The first-order chi connectivity index (χ1) is 15.0. The highest BCUT2D eigenvalue weighted by Gasteiger charge is 2.31. The maximum atomic E-state index is 12.5. The summed E-state index contributed by atoms with van der Waals surface area (Å²) in [5.74, 6) is -1.05. The van der Waals surface area contributed by atoms with Crippen LogP contribution in [0.2, 0.25) is 0 Å². The van der Waals surface area contributed by atoms with Crippen molar-refractivity contribution in [1.29, 1.82) is 0 Å². The molecule has 4 rings (SSSR count). The SMILES string of the molecule is CC1(CC[C@H](NC(=O)OCC2c3ccccc3-c3ccccc32)C(=O)O)CCCCC1. The van der Waals surface area contributed by atoms with E-state index in [9.17, 15) is 14.7 Å². The zero-order valence-electron chi connectivity index (χ0n) is 18.1. The Kier molecular flexibility index (Phi) is 6.30. The fraction of sp³-hybridized carbons (Fsp3) is 0.462. The predicted molar refractivity (Wildman–Crippen MR) is 120 cm³/mol. The third-order valence-electron chi connectivity index (χ3n) is 7.03. The minimum absolute atomic E-state index is 0.0393.